The molecule has 2 aromatic rings. The molecule has 0 aromatic heterocycles. The van der Waals surface area contributed by atoms with Crippen molar-refractivity contribution >= 4 is 11.6 Å². The van der Waals surface area contributed by atoms with Crippen molar-refractivity contribution in [1.29, 1.82) is 0 Å². The van der Waals surface area contributed by atoms with Crippen LogP contribution in [0.2, 0.25) is 5.02 Å². The molecule has 34 heavy (non-hydrogen) atoms. The van der Waals surface area contributed by atoms with Crippen LogP contribution >= 0.6 is 11.6 Å². The molecule has 2 heteroatoms. The van der Waals surface area contributed by atoms with Gasteiger partial charge in [0.05, 0.1) is 0 Å². The SMILES string of the molecule is CCCC[C@H]1CC[C@H](CCC2CCC(c3ccccc3C(C)c3ccc(Cl)cc3)C(F)C2)CC1. The van der Waals surface area contributed by atoms with Gasteiger partial charge in [0, 0.05) is 16.9 Å². The molecule has 2 aliphatic carbocycles. The molecule has 0 amide bonds. The van der Waals surface area contributed by atoms with Gasteiger partial charge in [0.2, 0.25) is 0 Å². The third-order valence-corrected chi connectivity index (χ3v) is 9.28. The van der Waals surface area contributed by atoms with Crippen molar-refractivity contribution < 1.29 is 4.39 Å². The molecule has 0 aliphatic heterocycles. The van der Waals surface area contributed by atoms with Crippen LogP contribution < -0.4 is 0 Å². The minimum Gasteiger partial charge on any atom is -0.247 e. The molecule has 0 N–H and O–H groups in total. The number of hydrogen-bond donors (Lipinski definition) is 0. The molecule has 0 spiro atoms. The van der Waals surface area contributed by atoms with E-state index in [4.69, 9.17) is 11.6 Å². The van der Waals surface area contributed by atoms with Crippen LogP contribution in [-0.2, 0) is 0 Å². The summed E-state index contributed by atoms with van der Waals surface area (Å²) in [5.41, 5.74) is 3.74. The summed E-state index contributed by atoms with van der Waals surface area (Å²) in [7, 11) is 0. The van der Waals surface area contributed by atoms with E-state index in [0.29, 0.717) is 5.92 Å². The van der Waals surface area contributed by atoms with Crippen LogP contribution in [0.25, 0.3) is 0 Å². The van der Waals surface area contributed by atoms with Gasteiger partial charge in [0.15, 0.2) is 0 Å². The Balaban J connectivity index is 1.31. The molecule has 0 radical (unpaired) electrons. The van der Waals surface area contributed by atoms with Gasteiger partial charge in [-0.25, -0.2) is 4.39 Å². The Morgan fingerprint density at radius 1 is 0.824 bits per heavy atom. The number of unbranched alkanes of at least 4 members (excludes halogenated alkanes) is 1. The highest BCUT2D eigenvalue weighted by Gasteiger charge is 2.34. The number of benzene rings is 2. The zero-order chi connectivity index (χ0) is 23.9. The molecule has 2 saturated carbocycles. The van der Waals surface area contributed by atoms with Crippen LogP contribution in [0.3, 0.4) is 0 Å². The van der Waals surface area contributed by atoms with Crippen LogP contribution in [0.15, 0.2) is 48.5 Å². The average Bonchev–Trinajstić information content (AvgIpc) is 2.87. The van der Waals surface area contributed by atoms with Gasteiger partial charge in [0.1, 0.15) is 6.17 Å². The van der Waals surface area contributed by atoms with Crippen molar-refractivity contribution in [3.63, 3.8) is 0 Å². The van der Waals surface area contributed by atoms with Crippen LogP contribution in [0, 0.1) is 17.8 Å². The topological polar surface area (TPSA) is 0 Å². The lowest BCUT2D eigenvalue weighted by atomic mass is 9.72. The molecule has 4 atom stereocenters. The molecule has 2 aromatic carbocycles. The smallest absolute Gasteiger partial charge is 0.107 e. The van der Waals surface area contributed by atoms with E-state index < -0.39 is 6.17 Å². The number of alkyl halides is 1. The molecule has 0 saturated heterocycles. The van der Waals surface area contributed by atoms with Crippen molar-refractivity contribution in [3.05, 3.63) is 70.2 Å². The van der Waals surface area contributed by atoms with E-state index in [1.807, 2.05) is 12.1 Å². The second-order valence-corrected chi connectivity index (χ2v) is 11.7. The zero-order valence-electron chi connectivity index (χ0n) is 21.3. The van der Waals surface area contributed by atoms with Crippen molar-refractivity contribution in [3.8, 4) is 0 Å². The van der Waals surface area contributed by atoms with Crippen molar-refractivity contribution in [2.24, 2.45) is 17.8 Å². The number of halogens is 2. The van der Waals surface area contributed by atoms with Gasteiger partial charge in [0.25, 0.3) is 0 Å². The Bertz CT molecular complexity index is 867. The first kappa shape index (κ1) is 25.7. The molecule has 0 bridgehead atoms. The fourth-order valence-electron chi connectivity index (χ4n) is 6.76. The highest BCUT2D eigenvalue weighted by Crippen LogP contribution is 2.44. The van der Waals surface area contributed by atoms with Crippen LogP contribution in [0.1, 0.15) is 119 Å². The minimum atomic E-state index is -0.720. The Morgan fingerprint density at radius 2 is 1.44 bits per heavy atom. The van der Waals surface area contributed by atoms with Gasteiger partial charge in [-0.1, -0.05) is 120 Å². The van der Waals surface area contributed by atoms with Gasteiger partial charge < -0.3 is 0 Å². The predicted octanol–water partition coefficient (Wildman–Crippen LogP) is 10.5. The average molecular weight is 483 g/mol. The summed E-state index contributed by atoms with van der Waals surface area (Å²) < 4.78 is 15.6. The second-order valence-electron chi connectivity index (χ2n) is 11.3. The monoisotopic (exact) mass is 482 g/mol. The molecular weight excluding hydrogens is 439 g/mol. The van der Waals surface area contributed by atoms with E-state index >= 15 is 4.39 Å². The summed E-state index contributed by atoms with van der Waals surface area (Å²) in [6, 6.07) is 16.7. The first-order valence-corrected chi connectivity index (χ1v) is 14.4. The van der Waals surface area contributed by atoms with Crippen molar-refractivity contribution in [2.75, 3.05) is 0 Å². The maximum Gasteiger partial charge on any atom is 0.107 e. The maximum atomic E-state index is 15.6. The quantitative estimate of drug-likeness (QED) is 0.333. The summed E-state index contributed by atoms with van der Waals surface area (Å²) in [6.07, 6.45) is 14.6. The molecule has 2 fully saturated rings. The summed E-state index contributed by atoms with van der Waals surface area (Å²) in [6.45, 7) is 4.54. The first-order valence-electron chi connectivity index (χ1n) is 14.0. The summed E-state index contributed by atoms with van der Waals surface area (Å²) in [5, 5.41) is 0.760. The lowest BCUT2D eigenvalue weighted by molar-refractivity contribution is 0.152. The first-order chi connectivity index (χ1) is 16.5. The zero-order valence-corrected chi connectivity index (χ0v) is 22.1. The third kappa shape index (κ3) is 6.66. The number of hydrogen-bond acceptors (Lipinski definition) is 0. The second kappa shape index (κ2) is 12.6. The predicted molar refractivity (Wildman–Crippen MR) is 145 cm³/mol. The molecule has 0 nitrogen and oxygen atoms in total. The Morgan fingerprint density at radius 3 is 2.12 bits per heavy atom. The summed E-state index contributed by atoms with van der Waals surface area (Å²) in [5.74, 6) is 2.73. The fourth-order valence-corrected chi connectivity index (χ4v) is 6.88. The van der Waals surface area contributed by atoms with Crippen LogP contribution in [0.4, 0.5) is 4.39 Å². The van der Waals surface area contributed by atoms with Gasteiger partial charge in [-0.05, 0) is 65.8 Å². The molecule has 186 valence electrons. The normalized spacial score (nSPS) is 28.5. The molecule has 4 rings (SSSR count). The van der Waals surface area contributed by atoms with E-state index in [2.05, 4.69) is 50.2 Å². The van der Waals surface area contributed by atoms with Gasteiger partial charge in [-0.2, -0.15) is 0 Å². The van der Waals surface area contributed by atoms with Crippen molar-refractivity contribution in [1.82, 2.24) is 0 Å². The Kier molecular flexibility index (Phi) is 9.52. The lowest BCUT2D eigenvalue weighted by Crippen LogP contribution is -2.26. The van der Waals surface area contributed by atoms with Crippen molar-refractivity contribution in [2.45, 2.75) is 109 Å². The Hall–Kier alpha value is -1.34. The lowest BCUT2D eigenvalue weighted by Gasteiger charge is -2.35. The maximum absolute atomic E-state index is 15.6. The highest BCUT2D eigenvalue weighted by atomic mass is 35.5. The number of rotatable bonds is 9. The standard InChI is InChI=1S/C32H44ClF/c1-3-4-7-24-10-12-25(13-11-24)14-15-26-16-21-31(32(34)22-26)30-9-6-5-8-29(30)23(2)27-17-19-28(33)20-18-27/h5-6,8-9,17-20,23-26,31-32H,3-4,7,10-16,21-22H2,1-2H3/t23?,24-,25-,26?,31?,32?. The van der Waals surface area contributed by atoms with Gasteiger partial charge >= 0.3 is 0 Å². The van der Waals surface area contributed by atoms with Crippen LogP contribution in [-0.4, -0.2) is 6.17 Å². The largest absolute Gasteiger partial charge is 0.247 e. The Labute approximate surface area is 212 Å². The van der Waals surface area contributed by atoms with Gasteiger partial charge in [-0.15, -0.1) is 0 Å². The fraction of sp³-hybridized carbons (Fsp3) is 0.625. The molecule has 4 unspecified atom stereocenters. The molecule has 2 aliphatic rings. The minimum absolute atomic E-state index is 0.0382. The van der Waals surface area contributed by atoms with Gasteiger partial charge in [-0.3, -0.25) is 0 Å². The summed E-state index contributed by atoms with van der Waals surface area (Å²) in [4.78, 5) is 0. The summed E-state index contributed by atoms with van der Waals surface area (Å²) >= 11 is 6.10. The van der Waals surface area contributed by atoms with E-state index in [0.717, 1.165) is 29.7 Å². The van der Waals surface area contributed by atoms with E-state index in [-0.39, 0.29) is 11.8 Å². The van der Waals surface area contributed by atoms with E-state index in [1.165, 1.54) is 80.9 Å². The van der Waals surface area contributed by atoms with E-state index in [1.54, 1.807) is 0 Å². The molecular formula is C32H44ClF. The third-order valence-electron chi connectivity index (χ3n) is 9.03. The highest BCUT2D eigenvalue weighted by molar-refractivity contribution is 6.30. The van der Waals surface area contributed by atoms with Crippen LogP contribution in [0.5, 0.6) is 0 Å². The molecule has 0 heterocycles. The van der Waals surface area contributed by atoms with E-state index in [9.17, 15) is 0 Å².